The average molecular weight is 127 g/mol. The van der Waals surface area contributed by atoms with Crippen LogP contribution in [0.25, 0.3) is 0 Å². The molecule has 0 saturated heterocycles. The van der Waals surface area contributed by atoms with Gasteiger partial charge in [0, 0.05) is 0 Å². The molecule has 0 rings (SSSR count). The zero-order valence-corrected chi connectivity index (χ0v) is 4.53. The van der Waals surface area contributed by atoms with E-state index in [1.54, 1.807) is 0 Å². The van der Waals surface area contributed by atoms with Crippen LogP contribution in [0.1, 0.15) is 6.42 Å². The quantitative estimate of drug-likeness (QED) is 0.320. The Labute approximate surface area is 51.7 Å². The summed E-state index contributed by atoms with van der Waals surface area (Å²) in [6.07, 6.45) is 0.613. The van der Waals surface area contributed by atoms with Crippen molar-refractivity contribution in [3.05, 3.63) is 11.8 Å². The van der Waals surface area contributed by atoms with Crippen molar-refractivity contribution in [1.29, 1.82) is 5.26 Å². The molecule has 0 heterocycles. The Morgan fingerprint density at radius 3 is 2.56 bits per heavy atom. The molecule has 0 aliphatic rings. The molecule has 0 radical (unpaired) electrons. The Kier molecular flexibility index (Phi) is 2.91. The van der Waals surface area contributed by atoms with E-state index >= 15 is 0 Å². The number of nitrogens with zero attached hydrogens (tertiary/aromatic N) is 1. The first-order valence-electron chi connectivity index (χ1n) is 2.18. The molecule has 0 spiro atoms. The highest BCUT2D eigenvalue weighted by molar-refractivity contribution is 5.68. The van der Waals surface area contributed by atoms with E-state index in [1.807, 2.05) is 0 Å². The molecule has 0 atom stereocenters. The van der Waals surface area contributed by atoms with E-state index in [9.17, 15) is 4.79 Å². The van der Waals surface area contributed by atoms with E-state index in [-0.39, 0.29) is 6.42 Å². The molecule has 9 heavy (non-hydrogen) atoms. The molecule has 4 heteroatoms. The third-order valence-electron chi connectivity index (χ3n) is 0.585. The summed E-state index contributed by atoms with van der Waals surface area (Å²) < 4.78 is 0. The first-order valence-corrected chi connectivity index (χ1v) is 2.18. The number of nitriles is 1. The van der Waals surface area contributed by atoms with Crippen LogP contribution in [-0.2, 0) is 4.79 Å². The molecule has 0 aliphatic carbocycles. The van der Waals surface area contributed by atoms with E-state index < -0.39 is 11.7 Å². The molecule has 0 amide bonds. The van der Waals surface area contributed by atoms with Crippen molar-refractivity contribution in [2.24, 2.45) is 0 Å². The topological polar surface area (TPSA) is 81.3 Å². The molecule has 0 aliphatic heterocycles. The van der Waals surface area contributed by atoms with Crippen LogP contribution in [-0.4, -0.2) is 16.2 Å². The third-order valence-corrected chi connectivity index (χ3v) is 0.585. The third kappa shape index (κ3) is 4.35. The second-order valence-electron chi connectivity index (χ2n) is 1.30. The highest BCUT2D eigenvalue weighted by atomic mass is 16.4. The molecule has 0 bridgehead atoms. The second-order valence-corrected chi connectivity index (χ2v) is 1.30. The van der Waals surface area contributed by atoms with Crippen LogP contribution in [0, 0.1) is 11.3 Å². The molecule has 0 aromatic rings. The number of aliphatic carboxylic acids is 1. The number of hydrogen-bond acceptors (Lipinski definition) is 3. The standard InChI is InChI=1S/C5H5NO3/c6-3-4(7)1-2-5(8)9/h1,7H,2H2,(H,8,9)/b4-1+. The Morgan fingerprint density at radius 2 is 2.22 bits per heavy atom. The van der Waals surface area contributed by atoms with Crippen LogP contribution in [0.5, 0.6) is 0 Å². The van der Waals surface area contributed by atoms with Crippen LogP contribution in [0.2, 0.25) is 0 Å². The Morgan fingerprint density at radius 1 is 1.67 bits per heavy atom. The summed E-state index contributed by atoms with van der Waals surface area (Å²) in [6.45, 7) is 0. The largest absolute Gasteiger partial charge is 0.499 e. The lowest BCUT2D eigenvalue weighted by atomic mass is 10.4. The molecule has 0 aromatic heterocycles. The van der Waals surface area contributed by atoms with Gasteiger partial charge in [-0.05, 0) is 6.08 Å². The number of hydrogen-bond donors (Lipinski definition) is 2. The predicted octanol–water partition coefficient (Wildman–Crippen LogP) is 0.427. The summed E-state index contributed by atoms with van der Waals surface area (Å²) in [5.74, 6) is -1.63. The highest BCUT2D eigenvalue weighted by Gasteiger charge is 1.92. The van der Waals surface area contributed by atoms with Gasteiger partial charge in [-0.1, -0.05) is 0 Å². The van der Waals surface area contributed by atoms with Crippen molar-refractivity contribution in [1.82, 2.24) is 0 Å². The molecule has 0 fully saturated rings. The summed E-state index contributed by atoms with van der Waals surface area (Å²) >= 11 is 0. The van der Waals surface area contributed by atoms with Gasteiger partial charge in [-0.3, -0.25) is 4.79 Å². The fraction of sp³-hybridized carbons (Fsp3) is 0.200. The van der Waals surface area contributed by atoms with Gasteiger partial charge in [-0.2, -0.15) is 5.26 Å². The van der Waals surface area contributed by atoms with Gasteiger partial charge in [0.2, 0.25) is 0 Å². The van der Waals surface area contributed by atoms with Crippen LogP contribution >= 0.6 is 0 Å². The molecule has 4 nitrogen and oxygen atoms in total. The monoisotopic (exact) mass is 127 g/mol. The van der Waals surface area contributed by atoms with Crippen molar-refractivity contribution >= 4 is 5.97 Å². The normalized spacial score (nSPS) is 10.3. The van der Waals surface area contributed by atoms with E-state index in [2.05, 4.69) is 0 Å². The molecule has 0 aromatic carbocycles. The smallest absolute Gasteiger partial charge is 0.307 e. The summed E-state index contributed by atoms with van der Waals surface area (Å²) in [5.41, 5.74) is 0. The lowest BCUT2D eigenvalue weighted by Gasteiger charge is -1.82. The molecule has 0 saturated carbocycles. The van der Waals surface area contributed by atoms with Gasteiger partial charge in [0.1, 0.15) is 6.07 Å². The van der Waals surface area contributed by atoms with Gasteiger partial charge in [0.25, 0.3) is 0 Å². The van der Waals surface area contributed by atoms with Gasteiger partial charge in [0.15, 0.2) is 5.76 Å². The number of carboxylic acid groups (broad SMARTS) is 1. The Balaban J connectivity index is 3.74. The first-order chi connectivity index (χ1) is 4.16. The zero-order valence-electron chi connectivity index (χ0n) is 4.53. The average Bonchev–Trinajstić information content (AvgIpc) is 1.83. The summed E-state index contributed by atoms with van der Waals surface area (Å²) in [7, 11) is 0. The number of allylic oxidation sites excluding steroid dienone is 1. The lowest BCUT2D eigenvalue weighted by Crippen LogP contribution is -1.91. The Hall–Kier alpha value is -1.50. The van der Waals surface area contributed by atoms with Crippen LogP contribution in [0.3, 0.4) is 0 Å². The zero-order chi connectivity index (χ0) is 7.28. The number of rotatable bonds is 2. The Bertz CT molecular complexity index is 177. The van der Waals surface area contributed by atoms with Crippen LogP contribution < -0.4 is 0 Å². The van der Waals surface area contributed by atoms with E-state index in [4.69, 9.17) is 15.5 Å². The molecule has 2 N–H and O–H groups in total. The lowest BCUT2D eigenvalue weighted by molar-refractivity contribution is -0.136. The summed E-state index contributed by atoms with van der Waals surface area (Å²) in [6, 6.07) is 1.37. The van der Waals surface area contributed by atoms with Crippen LogP contribution in [0.4, 0.5) is 0 Å². The molecule has 0 unspecified atom stereocenters. The number of carboxylic acids is 1. The van der Waals surface area contributed by atoms with Gasteiger partial charge in [0.05, 0.1) is 6.42 Å². The van der Waals surface area contributed by atoms with E-state index in [1.165, 1.54) is 6.07 Å². The van der Waals surface area contributed by atoms with E-state index in [0.29, 0.717) is 0 Å². The van der Waals surface area contributed by atoms with Gasteiger partial charge >= 0.3 is 5.97 Å². The fourth-order valence-electron chi connectivity index (χ4n) is 0.230. The second kappa shape index (κ2) is 3.50. The molecule has 48 valence electrons. The predicted molar refractivity (Wildman–Crippen MR) is 28.6 cm³/mol. The minimum absolute atomic E-state index is 0.320. The minimum atomic E-state index is -1.07. The van der Waals surface area contributed by atoms with Crippen molar-refractivity contribution < 1.29 is 15.0 Å². The number of aliphatic hydroxyl groups is 1. The van der Waals surface area contributed by atoms with Crippen molar-refractivity contribution in [3.63, 3.8) is 0 Å². The molecular weight excluding hydrogens is 122 g/mol. The van der Waals surface area contributed by atoms with Gasteiger partial charge < -0.3 is 10.2 Å². The summed E-state index contributed by atoms with van der Waals surface area (Å²) in [5, 5.41) is 24.2. The van der Waals surface area contributed by atoms with E-state index in [0.717, 1.165) is 6.08 Å². The number of aliphatic hydroxyl groups excluding tert-OH is 1. The SMILES string of the molecule is N#C/C(O)=C\CC(=O)O. The number of carbonyl (C=O) groups is 1. The van der Waals surface area contributed by atoms with Crippen molar-refractivity contribution in [3.8, 4) is 6.07 Å². The van der Waals surface area contributed by atoms with Crippen LogP contribution in [0.15, 0.2) is 11.8 Å². The summed E-state index contributed by atoms with van der Waals surface area (Å²) in [4.78, 5) is 9.75. The van der Waals surface area contributed by atoms with Crippen molar-refractivity contribution in [2.45, 2.75) is 6.42 Å². The van der Waals surface area contributed by atoms with Gasteiger partial charge in [-0.25, -0.2) is 0 Å². The fourth-order valence-corrected chi connectivity index (χ4v) is 0.230. The molecular formula is C5H5NO3. The maximum absolute atomic E-state index is 9.75. The maximum atomic E-state index is 9.75. The van der Waals surface area contributed by atoms with Crippen molar-refractivity contribution in [2.75, 3.05) is 0 Å². The maximum Gasteiger partial charge on any atom is 0.307 e. The minimum Gasteiger partial charge on any atom is -0.499 e. The van der Waals surface area contributed by atoms with Gasteiger partial charge in [-0.15, -0.1) is 0 Å². The highest BCUT2D eigenvalue weighted by Crippen LogP contribution is 1.88. The first kappa shape index (κ1) is 7.50.